The Hall–Kier alpha value is -1.45. The molecule has 8 nitrogen and oxygen atoms in total. The summed E-state index contributed by atoms with van der Waals surface area (Å²) < 4.78 is 26.8. The van der Waals surface area contributed by atoms with Gasteiger partial charge in [0.05, 0.1) is 17.9 Å². The van der Waals surface area contributed by atoms with Crippen molar-refractivity contribution in [3.05, 3.63) is 11.4 Å². The van der Waals surface area contributed by atoms with Crippen molar-refractivity contribution >= 4 is 15.9 Å². The van der Waals surface area contributed by atoms with Crippen LogP contribution in [0.4, 0.5) is 0 Å². The summed E-state index contributed by atoms with van der Waals surface area (Å²) in [6, 6.07) is -0.263. The number of hydrogen-bond acceptors (Lipinski definition) is 5. The molecule has 0 spiro atoms. The first-order valence-electron chi connectivity index (χ1n) is 6.36. The van der Waals surface area contributed by atoms with Gasteiger partial charge in [0.1, 0.15) is 4.90 Å². The second kappa shape index (κ2) is 5.51. The first-order chi connectivity index (χ1) is 9.34. The molecular formula is C11H19N5O3S. The molecular weight excluding hydrogens is 282 g/mol. The summed E-state index contributed by atoms with van der Waals surface area (Å²) in [6.07, 6.45) is 0.655. The summed E-state index contributed by atoms with van der Waals surface area (Å²) in [6.45, 7) is 4.17. The fourth-order valence-electron chi connectivity index (χ4n) is 2.49. The van der Waals surface area contributed by atoms with Crippen LogP contribution in [-0.2, 0) is 14.8 Å². The number of amides is 1. The third kappa shape index (κ3) is 2.69. The molecule has 0 bridgehead atoms. The van der Waals surface area contributed by atoms with Gasteiger partial charge in [-0.05, 0) is 26.8 Å². The van der Waals surface area contributed by atoms with Crippen LogP contribution >= 0.6 is 0 Å². The van der Waals surface area contributed by atoms with Crippen molar-refractivity contribution in [3.63, 3.8) is 0 Å². The number of nitrogens with two attached hydrogens (primary N) is 1. The largest absolute Gasteiger partial charge is 0.369 e. The van der Waals surface area contributed by atoms with Crippen molar-refractivity contribution in [3.8, 4) is 0 Å². The zero-order valence-electron chi connectivity index (χ0n) is 11.5. The average Bonchev–Trinajstić information content (AvgIpc) is 2.96. The second-order valence-electron chi connectivity index (χ2n) is 4.93. The van der Waals surface area contributed by atoms with E-state index >= 15 is 0 Å². The predicted octanol–water partition coefficient (Wildman–Crippen LogP) is -1.14. The van der Waals surface area contributed by atoms with Crippen molar-refractivity contribution in [1.29, 1.82) is 0 Å². The van der Waals surface area contributed by atoms with Gasteiger partial charge in [0.15, 0.2) is 0 Å². The second-order valence-corrected chi connectivity index (χ2v) is 6.75. The Kier molecular flexibility index (Phi) is 4.11. The van der Waals surface area contributed by atoms with Gasteiger partial charge in [0, 0.05) is 12.6 Å². The van der Waals surface area contributed by atoms with Crippen LogP contribution in [0.25, 0.3) is 0 Å². The molecule has 1 fully saturated rings. The minimum absolute atomic E-state index is 0.130. The predicted molar refractivity (Wildman–Crippen MR) is 72.4 cm³/mol. The lowest BCUT2D eigenvalue weighted by Crippen LogP contribution is -2.46. The maximum absolute atomic E-state index is 12.8. The molecule has 0 radical (unpaired) electrons. The van der Waals surface area contributed by atoms with Gasteiger partial charge >= 0.3 is 0 Å². The van der Waals surface area contributed by atoms with Crippen molar-refractivity contribution < 1.29 is 13.2 Å². The molecule has 0 aromatic carbocycles. The van der Waals surface area contributed by atoms with Gasteiger partial charge in [-0.1, -0.05) is 0 Å². The van der Waals surface area contributed by atoms with Crippen LogP contribution < -0.4 is 11.1 Å². The zero-order valence-corrected chi connectivity index (χ0v) is 12.3. The van der Waals surface area contributed by atoms with Crippen molar-refractivity contribution in [2.45, 2.75) is 31.2 Å². The van der Waals surface area contributed by atoms with E-state index in [1.54, 1.807) is 13.8 Å². The molecule has 20 heavy (non-hydrogen) atoms. The Bertz CT molecular complexity index is 584. The maximum Gasteiger partial charge on any atom is 0.247 e. The first kappa shape index (κ1) is 14.9. The van der Waals surface area contributed by atoms with Crippen LogP contribution in [0, 0.1) is 13.8 Å². The standard InChI is InChI=1S/C11H19N5O3S/c1-7-11(8(2)15-14-7)20(18,19)16(6-10(12)17)9-3-4-13-5-9/h9,13H,3-6H2,1-2H3,(H2,12,17)(H,14,15). The van der Waals surface area contributed by atoms with Crippen LogP contribution in [0.15, 0.2) is 4.90 Å². The van der Waals surface area contributed by atoms with E-state index in [4.69, 9.17) is 5.73 Å². The van der Waals surface area contributed by atoms with E-state index in [0.717, 1.165) is 6.54 Å². The smallest absolute Gasteiger partial charge is 0.247 e. The van der Waals surface area contributed by atoms with Gasteiger partial charge < -0.3 is 11.1 Å². The molecule has 1 saturated heterocycles. The monoisotopic (exact) mass is 301 g/mol. The lowest BCUT2D eigenvalue weighted by Gasteiger charge is -2.26. The maximum atomic E-state index is 12.8. The Labute approximate surface area is 117 Å². The SMILES string of the molecule is Cc1n[nH]c(C)c1S(=O)(=O)N(CC(N)=O)C1CCNC1. The normalized spacial score (nSPS) is 19.6. The number of carbonyl (C=O) groups excluding carboxylic acids is 1. The summed E-state index contributed by atoms with van der Waals surface area (Å²) >= 11 is 0. The molecule has 0 aliphatic carbocycles. The number of aryl methyl sites for hydroxylation is 2. The third-order valence-corrected chi connectivity index (χ3v) is 5.54. The van der Waals surface area contributed by atoms with E-state index in [1.807, 2.05) is 0 Å². The number of nitrogens with zero attached hydrogens (tertiary/aromatic N) is 2. The molecule has 1 aromatic heterocycles. The number of H-pyrrole nitrogens is 1. The molecule has 112 valence electrons. The number of primary amides is 1. The molecule has 0 saturated carbocycles. The van der Waals surface area contributed by atoms with E-state index in [2.05, 4.69) is 15.5 Å². The average molecular weight is 301 g/mol. The Morgan fingerprint density at radius 3 is 2.65 bits per heavy atom. The van der Waals surface area contributed by atoms with Crippen molar-refractivity contribution in [1.82, 2.24) is 19.8 Å². The van der Waals surface area contributed by atoms with E-state index in [9.17, 15) is 13.2 Å². The molecule has 1 aromatic rings. The number of hydrogen-bond donors (Lipinski definition) is 3. The summed E-state index contributed by atoms with van der Waals surface area (Å²) in [4.78, 5) is 11.4. The number of rotatable bonds is 5. The van der Waals surface area contributed by atoms with Crippen LogP contribution in [0.3, 0.4) is 0 Å². The molecule has 2 rings (SSSR count). The van der Waals surface area contributed by atoms with Gasteiger partial charge in [-0.3, -0.25) is 9.89 Å². The number of carbonyl (C=O) groups is 1. The number of nitrogens with one attached hydrogen (secondary N) is 2. The molecule has 1 unspecified atom stereocenters. The summed E-state index contributed by atoms with van der Waals surface area (Å²) in [5.41, 5.74) is 6.05. The zero-order chi connectivity index (χ0) is 14.9. The molecule has 2 heterocycles. The summed E-state index contributed by atoms with van der Waals surface area (Å²) in [5, 5.41) is 9.65. The Balaban J connectivity index is 2.43. The fraction of sp³-hybridized carbons (Fsp3) is 0.636. The van der Waals surface area contributed by atoms with Crippen LogP contribution in [0.1, 0.15) is 17.8 Å². The van der Waals surface area contributed by atoms with E-state index in [0.29, 0.717) is 24.4 Å². The minimum atomic E-state index is -3.80. The van der Waals surface area contributed by atoms with Crippen LogP contribution in [-0.4, -0.2) is 54.5 Å². The van der Waals surface area contributed by atoms with Gasteiger partial charge in [-0.2, -0.15) is 9.40 Å². The Morgan fingerprint density at radius 1 is 1.50 bits per heavy atom. The van der Waals surface area contributed by atoms with Gasteiger partial charge in [0.25, 0.3) is 0 Å². The van der Waals surface area contributed by atoms with Crippen LogP contribution in [0.5, 0.6) is 0 Å². The molecule has 1 atom stereocenters. The summed E-state index contributed by atoms with van der Waals surface area (Å²) in [5.74, 6) is -0.667. The highest BCUT2D eigenvalue weighted by molar-refractivity contribution is 7.89. The van der Waals surface area contributed by atoms with Crippen molar-refractivity contribution in [2.75, 3.05) is 19.6 Å². The number of aromatic nitrogens is 2. The quantitative estimate of drug-likeness (QED) is 0.635. The number of sulfonamides is 1. The molecule has 9 heteroatoms. The molecule has 1 aliphatic rings. The first-order valence-corrected chi connectivity index (χ1v) is 7.80. The molecule has 1 aliphatic heterocycles. The van der Waals surface area contributed by atoms with Crippen molar-refractivity contribution in [2.24, 2.45) is 5.73 Å². The topological polar surface area (TPSA) is 121 Å². The van der Waals surface area contributed by atoms with Gasteiger partial charge in [0.2, 0.25) is 15.9 Å². The highest BCUT2D eigenvalue weighted by Crippen LogP contribution is 2.24. The molecule has 1 amide bonds. The summed E-state index contributed by atoms with van der Waals surface area (Å²) in [7, 11) is -3.80. The van der Waals surface area contributed by atoms with Gasteiger partial charge in [-0.15, -0.1) is 0 Å². The third-order valence-electron chi connectivity index (χ3n) is 3.38. The van der Waals surface area contributed by atoms with Crippen LogP contribution in [0.2, 0.25) is 0 Å². The van der Waals surface area contributed by atoms with Gasteiger partial charge in [-0.25, -0.2) is 8.42 Å². The lowest BCUT2D eigenvalue weighted by atomic mass is 10.2. The van der Waals surface area contributed by atoms with E-state index < -0.39 is 15.9 Å². The van der Waals surface area contributed by atoms with E-state index in [1.165, 1.54) is 4.31 Å². The number of aromatic amines is 1. The lowest BCUT2D eigenvalue weighted by molar-refractivity contribution is -0.118. The molecule has 4 N–H and O–H groups in total. The Morgan fingerprint density at radius 2 is 2.20 bits per heavy atom. The highest BCUT2D eigenvalue weighted by atomic mass is 32.2. The van der Waals surface area contributed by atoms with E-state index in [-0.39, 0.29) is 17.5 Å². The minimum Gasteiger partial charge on any atom is -0.369 e. The highest BCUT2D eigenvalue weighted by Gasteiger charge is 2.36. The fourth-order valence-corrected chi connectivity index (χ4v) is 4.44.